The summed E-state index contributed by atoms with van der Waals surface area (Å²) >= 11 is 18.9. The molecule has 0 radical (unpaired) electrons. The summed E-state index contributed by atoms with van der Waals surface area (Å²) in [4.78, 5) is 28.6. The minimum atomic E-state index is -4.31. The SMILES string of the molecule is CCOc1ccccc1N(CC(=O)N(Cc1c(Cl)cccc1Cl)C(C)C(=O)NC(C)(C)C)S(=O)(=O)c1ccc(Cl)cc1. The maximum atomic E-state index is 14.2. The van der Waals surface area contributed by atoms with E-state index >= 15 is 0 Å². The molecule has 42 heavy (non-hydrogen) atoms. The summed E-state index contributed by atoms with van der Waals surface area (Å²) in [5.74, 6) is -0.822. The van der Waals surface area contributed by atoms with Crippen molar-refractivity contribution in [1.29, 1.82) is 0 Å². The Bertz CT molecular complexity index is 1510. The van der Waals surface area contributed by atoms with Gasteiger partial charge in [-0.1, -0.05) is 53.0 Å². The lowest BCUT2D eigenvalue weighted by atomic mass is 10.1. The van der Waals surface area contributed by atoms with E-state index in [1.54, 1.807) is 56.3 Å². The lowest BCUT2D eigenvalue weighted by molar-refractivity contribution is -0.140. The fourth-order valence-corrected chi connectivity index (χ4v) is 6.17. The molecule has 0 fully saturated rings. The van der Waals surface area contributed by atoms with E-state index in [1.165, 1.54) is 29.2 Å². The van der Waals surface area contributed by atoms with Gasteiger partial charge in [0.05, 0.1) is 17.2 Å². The summed E-state index contributed by atoms with van der Waals surface area (Å²) in [6, 6.07) is 16.1. The Kier molecular flexibility index (Phi) is 11.2. The summed E-state index contributed by atoms with van der Waals surface area (Å²) < 4.78 is 34.8. The number of ether oxygens (including phenoxy) is 1. The molecule has 1 unspecified atom stereocenters. The molecule has 2 amide bonds. The summed E-state index contributed by atoms with van der Waals surface area (Å²) in [7, 11) is -4.31. The number of benzene rings is 3. The molecule has 0 aliphatic rings. The van der Waals surface area contributed by atoms with Gasteiger partial charge in [-0.05, 0) is 83.1 Å². The molecule has 3 rings (SSSR count). The fraction of sp³-hybridized carbons (Fsp3) is 0.333. The Labute approximate surface area is 262 Å². The molecule has 0 aliphatic carbocycles. The predicted octanol–water partition coefficient (Wildman–Crippen LogP) is 6.57. The largest absolute Gasteiger partial charge is 0.492 e. The van der Waals surface area contributed by atoms with Crippen molar-refractivity contribution in [3.8, 4) is 5.75 Å². The summed E-state index contributed by atoms with van der Waals surface area (Å²) in [6.07, 6.45) is 0. The van der Waals surface area contributed by atoms with Crippen LogP contribution < -0.4 is 14.4 Å². The smallest absolute Gasteiger partial charge is 0.264 e. The lowest BCUT2D eigenvalue weighted by Crippen LogP contribution is -2.54. The molecule has 3 aromatic rings. The first-order valence-electron chi connectivity index (χ1n) is 13.2. The van der Waals surface area contributed by atoms with Crippen LogP contribution in [0.4, 0.5) is 5.69 Å². The topological polar surface area (TPSA) is 96.0 Å². The minimum Gasteiger partial charge on any atom is -0.492 e. The Balaban J connectivity index is 2.13. The van der Waals surface area contributed by atoms with Crippen LogP contribution >= 0.6 is 34.8 Å². The number of sulfonamides is 1. The van der Waals surface area contributed by atoms with Crippen LogP contribution in [0.25, 0.3) is 0 Å². The van der Waals surface area contributed by atoms with Crippen LogP contribution in [0, 0.1) is 0 Å². The molecule has 0 saturated heterocycles. The molecule has 8 nitrogen and oxygen atoms in total. The number of halogens is 3. The zero-order chi connectivity index (χ0) is 31.2. The third-order valence-corrected chi connectivity index (χ3v) is 8.90. The standard InChI is InChI=1S/C30H34Cl3N3O5S/c1-6-41-27-13-8-7-12-26(27)36(42(39,40)22-16-14-21(31)15-17-22)19-28(37)35(20(2)29(38)34-30(3,4)5)18-23-24(32)10-9-11-25(23)33/h7-17,20H,6,18-19H2,1-5H3,(H,34,38). The first kappa shape index (κ1) is 33.5. The third-order valence-electron chi connectivity index (χ3n) is 6.17. The molecule has 0 spiro atoms. The number of carbonyl (C=O) groups excluding carboxylic acids is 2. The van der Waals surface area contributed by atoms with Crippen LogP contribution in [-0.4, -0.2) is 49.9 Å². The summed E-state index contributed by atoms with van der Waals surface area (Å²) in [5, 5.41) is 3.84. The molecule has 1 atom stereocenters. The molecule has 0 bridgehead atoms. The summed E-state index contributed by atoms with van der Waals surface area (Å²) in [6.45, 7) is 8.27. The van der Waals surface area contributed by atoms with E-state index in [0.717, 1.165) is 4.31 Å². The molecule has 1 N–H and O–H groups in total. The van der Waals surface area contributed by atoms with E-state index in [1.807, 2.05) is 20.8 Å². The number of hydrogen-bond acceptors (Lipinski definition) is 5. The first-order valence-corrected chi connectivity index (χ1v) is 15.8. The fourth-order valence-electron chi connectivity index (χ4n) is 4.10. The van der Waals surface area contributed by atoms with Crippen molar-refractivity contribution in [1.82, 2.24) is 10.2 Å². The van der Waals surface area contributed by atoms with E-state index in [9.17, 15) is 18.0 Å². The van der Waals surface area contributed by atoms with Crippen molar-refractivity contribution in [3.05, 3.63) is 87.4 Å². The minimum absolute atomic E-state index is 0.0785. The van der Waals surface area contributed by atoms with Crippen LogP contribution in [0.1, 0.15) is 40.2 Å². The van der Waals surface area contributed by atoms with E-state index in [-0.39, 0.29) is 29.5 Å². The van der Waals surface area contributed by atoms with Crippen molar-refractivity contribution < 1.29 is 22.7 Å². The van der Waals surface area contributed by atoms with Crippen molar-refractivity contribution in [2.24, 2.45) is 0 Å². The van der Waals surface area contributed by atoms with Gasteiger partial charge in [-0.25, -0.2) is 8.42 Å². The van der Waals surface area contributed by atoms with Crippen LogP contribution in [0.15, 0.2) is 71.6 Å². The average Bonchev–Trinajstić information content (AvgIpc) is 2.91. The zero-order valence-electron chi connectivity index (χ0n) is 24.0. The van der Waals surface area contributed by atoms with Crippen LogP contribution in [0.3, 0.4) is 0 Å². The van der Waals surface area contributed by atoms with Crippen LogP contribution in [-0.2, 0) is 26.2 Å². The van der Waals surface area contributed by atoms with Gasteiger partial charge in [-0.3, -0.25) is 13.9 Å². The van der Waals surface area contributed by atoms with Gasteiger partial charge in [-0.2, -0.15) is 0 Å². The van der Waals surface area contributed by atoms with E-state index < -0.39 is 40.0 Å². The van der Waals surface area contributed by atoms with E-state index in [0.29, 0.717) is 20.6 Å². The maximum Gasteiger partial charge on any atom is 0.264 e. The van der Waals surface area contributed by atoms with Gasteiger partial charge in [0.1, 0.15) is 18.3 Å². The van der Waals surface area contributed by atoms with Gasteiger partial charge in [0.15, 0.2) is 0 Å². The number of amides is 2. The van der Waals surface area contributed by atoms with Gasteiger partial charge in [0.25, 0.3) is 10.0 Å². The van der Waals surface area contributed by atoms with E-state index in [4.69, 9.17) is 39.5 Å². The molecular weight excluding hydrogens is 621 g/mol. The van der Waals surface area contributed by atoms with Crippen molar-refractivity contribution >= 4 is 62.3 Å². The molecule has 0 saturated carbocycles. The lowest BCUT2D eigenvalue weighted by Gasteiger charge is -2.34. The Hall–Kier alpha value is -2.98. The van der Waals surface area contributed by atoms with Crippen molar-refractivity contribution in [2.45, 2.75) is 57.6 Å². The first-order chi connectivity index (χ1) is 19.7. The monoisotopic (exact) mass is 653 g/mol. The number of nitrogens with one attached hydrogen (secondary N) is 1. The van der Waals surface area contributed by atoms with Crippen molar-refractivity contribution in [2.75, 3.05) is 17.5 Å². The Morgan fingerprint density at radius 2 is 1.52 bits per heavy atom. The number of rotatable bonds is 11. The summed E-state index contributed by atoms with van der Waals surface area (Å²) in [5.41, 5.74) is -0.000691. The third kappa shape index (κ3) is 8.31. The highest BCUT2D eigenvalue weighted by atomic mass is 35.5. The average molecular weight is 655 g/mol. The number of anilines is 1. The highest BCUT2D eigenvalue weighted by Gasteiger charge is 2.35. The van der Waals surface area contributed by atoms with Crippen LogP contribution in [0.2, 0.25) is 15.1 Å². The number of para-hydroxylation sites is 2. The molecule has 0 aliphatic heterocycles. The highest BCUT2D eigenvalue weighted by molar-refractivity contribution is 7.92. The quantitative estimate of drug-likeness (QED) is 0.252. The second-order valence-electron chi connectivity index (χ2n) is 10.5. The molecule has 12 heteroatoms. The molecule has 0 aromatic heterocycles. The predicted molar refractivity (Wildman–Crippen MR) is 168 cm³/mol. The maximum absolute atomic E-state index is 14.2. The number of hydrogen-bond donors (Lipinski definition) is 1. The van der Waals surface area contributed by atoms with E-state index in [2.05, 4.69) is 5.32 Å². The van der Waals surface area contributed by atoms with Gasteiger partial charge < -0.3 is 15.0 Å². The van der Waals surface area contributed by atoms with Gasteiger partial charge in [0, 0.05) is 32.7 Å². The van der Waals surface area contributed by atoms with Crippen molar-refractivity contribution in [3.63, 3.8) is 0 Å². The second kappa shape index (κ2) is 14.0. The van der Waals surface area contributed by atoms with Crippen LogP contribution in [0.5, 0.6) is 5.75 Å². The Morgan fingerprint density at radius 1 is 0.929 bits per heavy atom. The molecular formula is C30H34Cl3N3O5S. The van der Waals surface area contributed by atoms with Gasteiger partial charge in [-0.15, -0.1) is 0 Å². The molecule has 226 valence electrons. The molecule has 3 aromatic carbocycles. The number of carbonyl (C=O) groups is 2. The Morgan fingerprint density at radius 3 is 2.10 bits per heavy atom. The zero-order valence-corrected chi connectivity index (χ0v) is 27.1. The highest BCUT2D eigenvalue weighted by Crippen LogP contribution is 2.34. The van der Waals surface area contributed by atoms with Gasteiger partial charge in [0.2, 0.25) is 11.8 Å². The normalized spacial score (nSPS) is 12.4. The molecule has 0 heterocycles. The second-order valence-corrected chi connectivity index (χ2v) is 13.6. The van der Waals surface area contributed by atoms with Gasteiger partial charge >= 0.3 is 0 Å². The number of nitrogens with zero attached hydrogens (tertiary/aromatic N) is 2.